The largest absolute Gasteiger partial charge is 0.491 e. The van der Waals surface area contributed by atoms with Crippen LogP contribution in [0.5, 0.6) is 5.75 Å². The molecule has 1 saturated carbocycles. The first-order valence-electron chi connectivity index (χ1n) is 6.64. The van der Waals surface area contributed by atoms with Crippen LogP contribution < -0.4 is 10.1 Å². The Kier molecular flexibility index (Phi) is 4.24. The standard InChI is InChI=1S/C15H21NO2/c1-11-6-7-14(12(2)10-11)18-9-8-16-15(17)13-4-3-5-13/h6-7,10,13H,3-5,8-9H2,1-2H3,(H,16,17). The highest BCUT2D eigenvalue weighted by atomic mass is 16.5. The summed E-state index contributed by atoms with van der Waals surface area (Å²) in [4.78, 5) is 11.6. The number of benzene rings is 1. The number of aryl methyl sites for hydroxylation is 2. The van der Waals surface area contributed by atoms with Gasteiger partial charge in [-0.2, -0.15) is 0 Å². The van der Waals surface area contributed by atoms with E-state index in [0.29, 0.717) is 13.2 Å². The van der Waals surface area contributed by atoms with Gasteiger partial charge in [0.1, 0.15) is 12.4 Å². The molecule has 1 N–H and O–H groups in total. The molecule has 2 rings (SSSR count). The van der Waals surface area contributed by atoms with E-state index in [4.69, 9.17) is 4.74 Å². The van der Waals surface area contributed by atoms with Gasteiger partial charge in [0, 0.05) is 5.92 Å². The molecule has 1 aliphatic rings. The Morgan fingerprint density at radius 2 is 2.17 bits per heavy atom. The Labute approximate surface area is 109 Å². The van der Waals surface area contributed by atoms with Crippen molar-refractivity contribution in [2.75, 3.05) is 13.2 Å². The van der Waals surface area contributed by atoms with Crippen LogP contribution in [0.4, 0.5) is 0 Å². The van der Waals surface area contributed by atoms with E-state index in [9.17, 15) is 4.79 Å². The van der Waals surface area contributed by atoms with Crippen molar-refractivity contribution < 1.29 is 9.53 Å². The van der Waals surface area contributed by atoms with Gasteiger partial charge in [0.2, 0.25) is 5.91 Å². The molecule has 1 aromatic rings. The van der Waals surface area contributed by atoms with Gasteiger partial charge in [-0.1, -0.05) is 24.1 Å². The average Bonchev–Trinajstić information content (AvgIpc) is 2.24. The second-order valence-electron chi connectivity index (χ2n) is 5.04. The molecule has 1 aliphatic carbocycles. The Morgan fingerprint density at radius 1 is 1.39 bits per heavy atom. The maximum Gasteiger partial charge on any atom is 0.223 e. The maximum absolute atomic E-state index is 11.6. The topological polar surface area (TPSA) is 38.3 Å². The third-order valence-electron chi connectivity index (χ3n) is 3.47. The highest BCUT2D eigenvalue weighted by Crippen LogP contribution is 2.26. The van der Waals surface area contributed by atoms with Gasteiger partial charge in [-0.3, -0.25) is 4.79 Å². The number of amides is 1. The number of ether oxygens (including phenoxy) is 1. The first-order chi connectivity index (χ1) is 8.66. The van der Waals surface area contributed by atoms with Crippen molar-refractivity contribution in [3.63, 3.8) is 0 Å². The normalized spacial score (nSPS) is 15.0. The van der Waals surface area contributed by atoms with Gasteiger partial charge in [-0.25, -0.2) is 0 Å². The van der Waals surface area contributed by atoms with E-state index < -0.39 is 0 Å². The zero-order chi connectivity index (χ0) is 13.0. The van der Waals surface area contributed by atoms with Crippen LogP contribution in [0.3, 0.4) is 0 Å². The molecule has 0 heterocycles. The SMILES string of the molecule is Cc1ccc(OCCNC(=O)C2CCC2)c(C)c1. The number of hydrogen-bond donors (Lipinski definition) is 1. The van der Waals surface area contributed by atoms with Crippen LogP contribution in [0, 0.1) is 19.8 Å². The molecule has 0 radical (unpaired) electrons. The van der Waals surface area contributed by atoms with Crippen LogP contribution in [-0.4, -0.2) is 19.1 Å². The Bertz CT molecular complexity index is 425. The number of hydrogen-bond acceptors (Lipinski definition) is 2. The van der Waals surface area contributed by atoms with E-state index in [1.54, 1.807) is 0 Å². The van der Waals surface area contributed by atoms with Crippen molar-refractivity contribution in [2.24, 2.45) is 5.92 Å². The van der Waals surface area contributed by atoms with Gasteiger partial charge < -0.3 is 10.1 Å². The first kappa shape index (κ1) is 12.9. The first-order valence-corrected chi connectivity index (χ1v) is 6.64. The summed E-state index contributed by atoms with van der Waals surface area (Å²) in [5.74, 6) is 1.34. The van der Waals surface area contributed by atoms with E-state index in [1.807, 2.05) is 19.1 Å². The van der Waals surface area contributed by atoms with Gasteiger partial charge >= 0.3 is 0 Å². The minimum atomic E-state index is 0.186. The van der Waals surface area contributed by atoms with Crippen molar-refractivity contribution in [1.29, 1.82) is 0 Å². The molecule has 0 atom stereocenters. The van der Waals surface area contributed by atoms with E-state index in [1.165, 1.54) is 12.0 Å². The number of rotatable bonds is 5. The summed E-state index contributed by atoms with van der Waals surface area (Å²) >= 11 is 0. The van der Waals surface area contributed by atoms with Crippen LogP contribution in [0.1, 0.15) is 30.4 Å². The summed E-state index contributed by atoms with van der Waals surface area (Å²) in [5, 5.41) is 2.92. The zero-order valence-electron chi connectivity index (χ0n) is 11.2. The lowest BCUT2D eigenvalue weighted by molar-refractivity contribution is -0.127. The summed E-state index contributed by atoms with van der Waals surface area (Å²) in [7, 11) is 0. The minimum absolute atomic E-state index is 0.186. The molecular weight excluding hydrogens is 226 g/mol. The third-order valence-corrected chi connectivity index (χ3v) is 3.47. The fraction of sp³-hybridized carbons (Fsp3) is 0.533. The molecule has 3 nitrogen and oxygen atoms in total. The van der Waals surface area contributed by atoms with E-state index >= 15 is 0 Å². The number of carbonyl (C=O) groups excluding carboxylic acids is 1. The molecule has 1 amide bonds. The van der Waals surface area contributed by atoms with E-state index in [2.05, 4.69) is 18.3 Å². The average molecular weight is 247 g/mol. The quantitative estimate of drug-likeness (QED) is 0.812. The van der Waals surface area contributed by atoms with Crippen molar-refractivity contribution in [1.82, 2.24) is 5.32 Å². The highest BCUT2D eigenvalue weighted by Gasteiger charge is 2.24. The zero-order valence-corrected chi connectivity index (χ0v) is 11.2. The molecule has 0 aromatic heterocycles. The summed E-state index contributed by atoms with van der Waals surface area (Å²) in [6.45, 7) is 5.22. The molecule has 18 heavy (non-hydrogen) atoms. The summed E-state index contributed by atoms with van der Waals surface area (Å²) in [5.41, 5.74) is 2.37. The predicted octanol–water partition coefficient (Wildman–Crippen LogP) is 2.60. The van der Waals surface area contributed by atoms with E-state index in [-0.39, 0.29) is 11.8 Å². The van der Waals surface area contributed by atoms with Crippen LogP contribution in [0.25, 0.3) is 0 Å². The molecule has 1 aromatic carbocycles. The van der Waals surface area contributed by atoms with Gasteiger partial charge in [0.15, 0.2) is 0 Å². The van der Waals surface area contributed by atoms with E-state index in [0.717, 1.165) is 24.2 Å². The minimum Gasteiger partial charge on any atom is -0.491 e. The van der Waals surface area contributed by atoms with Crippen molar-refractivity contribution in [2.45, 2.75) is 33.1 Å². The molecule has 1 fully saturated rings. The third kappa shape index (κ3) is 3.25. The smallest absolute Gasteiger partial charge is 0.223 e. The molecule has 3 heteroatoms. The van der Waals surface area contributed by atoms with Crippen molar-refractivity contribution >= 4 is 5.91 Å². The molecular formula is C15H21NO2. The molecule has 0 saturated heterocycles. The number of carbonyl (C=O) groups is 1. The van der Waals surface area contributed by atoms with Gasteiger partial charge in [0.05, 0.1) is 6.54 Å². The molecule has 0 aliphatic heterocycles. The lowest BCUT2D eigenvalue weighted by Crippen LogP contribution is -2.36. The fourth-order valence-corrected chi connectivity index (χ4v) is 2.11. The lowest BCUT2D eigenvalue weighted by atomic mass is 9.85. The van der Waals surface area contributed by atoms with Gasteiger partial charge in [0.25, 0.3) is 0 Å². The number of nitrogens with one attached hydrogen (secondary N) is 1. The monoisotopic (exact) mass is 247 g/mol. The predicted molar refractivity (Wildman–Crippen MR) is 71.8 cm³/mol. The van der Waals surface area contributed by atoms with Crippen molar-refractivity contribution in [3.8, 4) is 5.75 Å². The van der Waals surface area contributed by atoms with Crippen LogP contribution in [-0.2, 0) is 4.79 Å². The second kappa shape index (κ2) is 5.89. The summed E-state index contributed by atoms with van der Waals surface area (Å²) in [6, 6.07) is 6.12. The lowest BCUT2D eigenvalue weighted by Gasteiger charge is -2.24. The molecule has 0 bridgehead atoms. The Morgan fingerprint density at radius 3 is 2.78 bits per heavy atom. The van der Waals surface area contributed by atoms with Crippen LogP contribution >= 0.6 is 0 Å². The van der Waals surface area contributed by atoms with Gasteiger partial charge in [-0.15, -0.1) is 0 Å². The van der Waals surface area contributed by atoms with Crippen LogP contribution in [0.15, 0.2) is 18.2 Å². The fourth-order valence-electron chi connectivity index (χ4n) is 2.11. The summed E-state index contributed by atoms with van der Waals surface area (Å²) in [6.07, 6.45) is 3.28. The van der Waals surface area contributed by atoms with Crippen LogP contribution in [0.2, 0.25) is 0 Å². The molecule has 98 valence electrons. The van der Waals surface area contributed by atoms with Crippen molar-refractivity contribution in [3.05, 3.63) is 29.3 Å². The Hall–Kier alpha value is -1.51. The molecule has 0 spiro atoms. The van der Waals surface area contributed by atoms with Gasteiger partial charge in [-0.05, 0) is 38.3 Å². The second-order valence-corrected chi connectivity index (χ2v) is 5.04. The summed E-state index contributed by atoms with van der Waals surface area (Å²) < 4.78 is 5.66. The highest BCUT2D eigenvalue weighted by molar-refractivity contribution is 5.79. The maximum atomic E-state index is 11.6. The Balaban J connectivity index is 1.70. The molecule has 0 unspecified atom stereocenters.